The van der Waals surface area contributed by atoms with E-state index in [0.29, 0.717) is 0 Å². The zero-order valence-electron chi connectivity index (χ0n) is 13.4. The number of aromatic nitrogens is 1. The van der Waals surface area contributed by atoms with Gasteiger partial charge in [-0.25, -0.2) is 0 Å². The Labute approximate surface area is 148 Å². The first-order valence-electron chi connectivity index (χ1n) is 8.40. The van der Waals surface area contributed by atoms with Crippen molar-refractivity contribution in [3.05, 3.63) is 79.0 Å². The lowest BCUT2D eigenvalue weighted by atomic mass is 9.96. The zero-order valence-corrected chi connectivity index (χ0v) is 14.2. The van der Waals surface area contributed by atoms with Gasteiger partial charge in [0.25, 0.3) is 0 Å². The van der Waals surface area contributed by atoms with Crippen LogP contribution in [0.25, 0.3) is 52.6 Å². The molecule has 2 aromatic heterocycles. The topological polar surface area (TPSA) is 12.9 Å². The molecule has 25 heavy (non-hydrogen) atoms. The Balaban J connectivity index is 2.03. The quantitative estimate of drug-likeness (QED) is 0.275. The first-order valence-corrected chi connectivity index (χ1v) is 9.22. The molecular weight excluding hydrogens is 322 g/mol. The molecule has 0 aliphatic heterocycles. The van der Waals surface area contributed by atoms with Crippen LogP contribution in [-0.4, -0.2) is 4.98 Å². The van der Waals surface area contributed by atoms with Gasteiger partial charge in [0, 0.05) is 27.1 Å². The Hall–Kier alpha value is -2.97. The smallest absolute Gasteiger partial charge is 0.0716 e. The summed E-state index contributed by atoms with van der Waals surface area (Å²) in [6, 6.07) is 26.1. The maximum absolute atomic E-state index is 4.77. The van der Waals surface area contributed by atoms with Crippen molar-refractivity contribution in [1.82, 2.24) is 4.98 Å². The van der Waals surface area contributed by atoms with E-state index in [9.17, 15) is 0 Å². The summed E-state index contributed by atoms with van der Waals surface area (Å²) in [6.45, 7) is 0. The molecule has 0 aliphatic carbocycles. The highest BCUT2D eigenvalue weighted by atomic mass is 32.1. The number of rotatable bonds is 0. The van der Waals surface area contributed by atoms with Crippen LogP contribution in [0.1, 0.15) is 0 Å². The minimum atomic E-state index is 1.07. The molecule has 6 aromatic rings. The van der Waals surface area contributed by atoms with Crippen LogP contribution in [0, 0.1) is 0 Å². The minimum absolute atomic E-state index is 1.07. The van der Waals surface area contributed by atoms with Crippen molar-refractivity contribution < 1.29 is 0 Å². The molecule has 0 amide bonds. The fourth-order valence-electron chi connectivity index (χ4n) is 3.99. The highest BCUT2D eigenvalue weighted by Gasteiger charge is 2.13. The van der Waals surface area contributed by atoms with Crippen molar-refractivity contribution in [3.63, 3.8) is 0 Å². The van der Waals surface area contributed by atoms with Gasteiger partial charge in [-0.2, -0.15) is 0 Å². The highest BCUT2D eigenvalue weighted by molar-refractivity contribution is 7.26. The van der Waals surface area contributed by atoms with E-state index in [2.05, 4.69) is 72.8 Å². The van der Waals surface area contributed by atoms with E-state index in [4.69, 9.17) is 4.98 Å². The first-order chi connectivity index (χ1) is 12.4. The summed E-state index contributed by atoms with van der Waals surface area (Å²) >= 11 is 1.83. The Bertz CT molecular complexity index is 1440. The van der Waals surface area contributed by atoms with Gasteiger partial charge >= 0.3 is 0 Å². The third-order valence-electron chi connectivity index (χ3n) is 5.08. The lowest BCUT2D eigenvalue weighted by Gasteiger charge is -2.09. The standard InChI is InChI=1S/C23H13NS/c1-2-6-16-14(5-1)9-10-15-11-12-18-23(21(15)16)22-17-7-3-4-8-19(17)25-20(22)13-24-18/h1-13H. The zero-order chi connectivity index (χ0) is 16.4. The van der Waals surface area contributed by atoms with Crippen molar-refractivity contribution in [2.75, 3.05) is 0 Å². The summed E-state index contributed by atoms with van der Waals surface area (Å²) in [5.74, 6) is 0. The summed E-state index contributed by atoms with van der Waals surface area (Å²) in [5.41, 5.74) is 1.07. The van der Waals surface area contributed by atoms with Crippen LogP contribution >= 0.6 is 11.3 Å². The average molecular weight is 335 g/mol. The van der Waals surface area contributed by atoms with E-state index in [1.165, 1.54) is 47.1 Å². The van der Waals surface area contributed by atoms with Gasteiger partial charge in [-0.3, -0.25) is 4.98 Å². The monoisotopic (exact) mass is 335 g/mol. The van der Waals surface area contributed by atoms with Crippen LogP contribution < -0.4 is 0 Å². The average Bonchev–Trinajstić information content (AvgIpc) is 3.06. The van der Waals surface area contributed by atoms with E-state index in [1.54, 1.807) is 0 Å². The van der Waals surface area contributed by atoms with Gasteiger partial charge in [0.05, 0.1) is 10.2 Å². The Kier molecular flexibility index (Phi) is 2.55. The number of thiophene rings is 1. The molecule has 4 aromatic carbocycles. The summed E-state index contributed by atoms with van der Waals surface area (Å²) in [6.07, 6.45) is 2.03. The number of hydrogen-bond acceptors (Lipinski definition) is 2. The molecular formula is C23H13NS. The van der Waals surface area contributed by atoms with Gasteiger partial charge in [0.2, 0.25) is 0 Å². The summed E-state index contributed by atoms with van der Waals surface area (Å²) < 4.78 is 2.58. The highest BCUT2D eigenvalue weighted by Crippen LogP contribution is 2.41. The van der Waals surface area contributed by atoms with Gasteiger partial charge in [-0.05, 0) is 33.7 Å². The second-order valence-electron chi connectivity index (χ2n) is 6.44. The van der Waals surface area contributed by atoms with Crippen molar-refractivity contribution in [2.45, 2.75) is 0 Å². The van der Waals surface area contributed by atoms with E-state index in [0.717, 1.165) is 5.52 Å². The van der Waals surface area contributed by atoms with Crippen LogP contribution in [-0.2, 0) is 0 Å². The fourth-order valence-corrected chi connectivity index (χ4v) is 5.07. The van der Waals surface area contributed by atoms with Gasteiger partial charge in [-0.1, -0.05) is 60.7 Å². The van der Waals surface area contributed by atoms with Crippen molar-refractivity contribution in [2.24, 2.45) is 0 Å². The molecule has 0 fully saturated rings. The largest absolute Gasteiger partial charge is 0.255 e. The van der Waals surface area contributed by atoms with Crippen LogP contribution in [0.4, 0.5) is 0 Å². The lowest BCUT2D eigenvalue weighted by molar-refractivity contribution is 1.46. The molecule has 0 bridgehead atoms. The van der Waals surface area contributed by atoms with Gasteiger partial charge in [0.15, 0.2) is 0 Å². The lowest BCUT2D eigenvalue weighted by Crippen LogP contribution is -1.84. The molecule has 0 saturated heterocycles. The molecule has 1 nitrogen and oxygen atoms in total. The van der Waals surface area contributed by atoms with Crippen molar-refractivity contribution in [3.8, 4) is 0 Å². The number of fused-ring (bicyclic) bond motifs is 9. The molecule has 0 unspecified atom stereocenters. The third-order valence-corrected chi connectivity index (χ3v) is 6.19. The molecule has 2 heteroatoms. The van der Waals surface area contributed by atoms with Crippen LogP contribution in [0.2, 0.25) is 0 Å². The van der Waals surface area contributed by atoms with E-state index in [-0.39, 0.29) is 0 Å². The fraction of sp³-hybridized carbons (Fsp3) is 0. The van der Waals surface area contributed by atoms with Gasteiger partial charge < -0.3 is 0 Å². The van der Waals surface area contributed by atoms with Crippen LogP contribution in [0.5, 0.6) is 0 Å². The number of pyridine rings is 1. The Morgan fingerprint density at radius 1 is 0.560 bits per heavy atom. The predicted octanol–water partition coefficient (Wildman–Crippen LogP) is 6.91. The maximum Gasteiger partial charge on any atom is 0.0716 e. The van der Waals surface area contributed by atoms with E-state index < -0.39 is 0 Å². The molecule has 116 valence electrons. The minimum Gasteiger partial charge on any atom is -0.255 e. The molecule has 0 aliphatic rings. The van der Waals surface area contributed by atoms with Crippen molar-refractivity contribution >= 4 is 64.0 Å². The number of benzene rings is 4. The normalized spacial score (nSPS) is 12.0. The molecule has 0 saturated carbocycles. The molecule has 0 N–H and O–H groups in total. The van der Waals surface area contributed by atoms with E-state index in [1.807, 2.05) is 17.5 Å². The SMILES string of the molecule is c1ccc2c(c1)ccc1ccc3ncc4sc5ccccc5c4c3c12. The molecule has 0 radical (unpaired) electrons. The van der Waals surface area contributed by atoms with Crippen LogP contribution in [0.3, 0.4) is 0 Å². The number of hydrogen-bond donors (Lipinski definition) is 0. The molecule has 6 rings (SSSR count). The third kappa shape index (κ3) is 1.75. The number of nitrogens with zero attached hydrogens (tertiary/aromatic N) is 1. The van der Waals surface area contributed by atoms with Gasteiger partial charge in [0.1, 0.15) is 0 Å². The second kappa shape index (κ2) is 4.78. The van der Waals surface area contributed by atoms with E-state index >= 15 is 0 Å². The van der Waals surface area contributed by atoms with Crippen LogP contribution in [0.15, 0.2) is 79.0 Å². The molecule has 0 spiro atoms. The summed E-state index contributed by atoms with van der Waals surface area (Å²) in [5, 5.41) is 9.12. The van der Waals surface area contributed by atoms with Gasteiger partial charge in [-0.15, -0.1) is 11.3 Å². The summed E-state index contributed by atoms with van der Waals surface area (Å²) in [7, 11) is 0. The summed E-state index contributed by atoms with van der Waals surface area (Å²) in [4.78, 5) is 4.77. The van der Waals surface area contributed by atoms with Crippen molar-refractivity contribution in [1.29, 1.82) is 0 Å². The first kappa shape index (κ1) is 13.3. The Morgan fingerprint density at radius 3 is 2.28 bits per heavy atom. The second-order valence-corrected chi connectivity index (χ2v) is 7.52. The molecule has 0 atom stereocenters. The predicted molar refractivity (Wildman–Crippen MR) is 110 cm³/mol. The molecule has 2 heterocycles. The maximum atomic E-state index is 4.77. The Morgan fingerprint density at radius 2 is 1.32 bits per heavy atom.